The van der Waals surface area contributed by atoms with Gasteiger partial charge < -0.3 is 5.32 Å². The fourth-order valence-electron chi connectivity index (χ4n) is 1.68. The van der Waals surface area contributed by atoms with Gasteiger partial charge in [0.1, 0.15) is 11.6 Å². The van der Waals surface area contributed by atoms with Gasteiger partial charge in [0.05, 0.1) is 16.1 Å². The predicted molar refractivity (Wildman–Crippen MR) is 76.4 cm³/mol. The summed E-state index contributed by atoms with van der Waals surface area (Å²) < 4.78 is 26.9. The Morgan fingerprint density at radius 3 is 2.57 bits per heavy atom. The van der Waals surface area contributed by atoms with E-state index < -0.39 is 17.5 Å². The quantitative estimate of drug-likeness (QED) is 0.920. The molecular weight excluding hydrogens is 342 g/mol. The summed E-state index contributed by atoms with van der Waals surface area (Å²) in [5.74, 6) is -1.47. The number of benzene rings is 2. The summed E-state index contributed by atoms with van der Waals surface area (Å²) in [4.78, 5) is 11.9. The molecule has 0 fully saturated rings. The van der Waals surface area contributed by atoms with Gasteiger partial charge in [-0.1, -0.05) is 6.07 Å². The van der Waals surface area contributed by atoms with Crippen LogP contribution in [-0.2, 0) is 6.54 Å². The molecule has 0 saturated heterocycles. The van der Waals surface area contributed by atoms with E-state index >= 15 is 0 Å². The molecule has 0 aliphatic carbocycles. The van der Waals surface area contributed by atoms with E-state index in [0.717, 1.165) is 6.07 Å². The van der Waals surface area contributed by atoms with Crippen molar-refractivity contribution in [3.8, 4) is 6.07 Å². The van der Waals surface area contributed by atoms with Gasteiger partial charge >= 0.3 is 0 Å². The Morgan fingerprint density at radius 2 is 1.95 bits per heavy atom. The smallest absolute Gasteiger partial charge is 0.251 e. The summed E-state index contributed by atoms with van der Waals surface area (Å²) in [5.41, 5.74) is 0.742. The highest BCUT2D eigenvalue weighted by Gasteiger charge is 2.10. The predicted octanol–water partition coefficient (Wildman–Crippen LogP) is 3.53. The van der Waals surface area contributed by atoms with Gasteiger partial charge in [0.15, 0.2) is 0 Å². The number of hydrogen-bond acceptors (Lipinski definition) is 2. The number of rotatable bonds is 3. The molecular formula is C15H9BrF2N2O. The van der Waals surface area contributed by atoms with Gasteiger partial charge in [-0.3, -0.25) is 4.79 Å². The van der Waals surface area contributed by atoms with Crippen LogP contribution in [-0.4, -0.2) is 5.91 Å². The summed E-state index contributed by atoms with van der Waals surface area (Å²) >= 11 is 2.99. The van der Waals surface area contributed by atoms with Crippen LogP contribution in [0.2, 0.25) is 0 Å². The molecule has 21 heavy (non-hydrogen) atoms. The van der Waals surface area contributed by atoms with E-state index in [0.29, 0.717) is 0 Å². The summed E-state index contributed by atoms with van der Waals surface area (Å²) in [7, 11) is 0. The van der Waals surface area contributed by atoms with Crippen LogP contribution >= 0.6 is 15.9 Å². The lowest BCUT2D eigenvalue weighted by Crippen LogP contribution is -2.23. The molecule has 0 atom stereocenters. The van der Waals surface area contributed by atoms with Crippen molar-refractivity contribution in [3.05, 3.63) is 69.2 Å². The third-order valence-electron chi connectivity index (χ3n) is 2.80. The van der Waals surface area contributed by atoms with E-state index in [-0.39, 0.29) is 27.7 Å². The van der Waals surface area contributed by atoms with Crippen LogP contribution < -0.4 is 5.32 Å². The molecule has 0 saturated carbocycles. The summed E-state index contributed by atoms with van der Waals surface area (Å²) in [6.07, 6.45) is 0. The Hall–Kier alpha value is -2.26. The van der Waals surface area contributed by atoms with Crippen molar-refractivity contribution >= 4 is 21.8 Å². The zero-order valence-corrected chi connectivity index (χ0v) is 12.2. The zero-order valence-electron chi connectivity index (χ0n) is 10.7. The largest absolute Gasteiger partial charge is 0.348 e. The van der Waals surface area contributed by atoms with Crippen LogP contribution in [0.5, 0.6) is 0 Å². The number of carbonyl (C=O) groups is 1. The number of carbonyl (C=O) groups excluding carboxylic acids is 1. The van der Waals surface area contributed by atoms with Gasteiger partial charge in [0.2, 0.25) is 0 Å². The van der Waals surface area contributed by atoms with Crippen LogP contribution in [0.1, 0.15) is 21.5 Å². The zero-order chi connectivity index (χ0) is 15.4. The maximum absolute atomic E-state index is 13.6. The lowest BCUT2D eigenvalue weighted by molar-refractivity contribution is 0.0950. The average Bonchev–Trinajstić information content (AvgIpc) is 2.48. The molecule has 0 aliphatic rings. The number of halogens is 3. The first-order valence-corrected chi connectivity index (χ1v) is 6.72. The monoisotopic (exact) mass is 350 g/mol. The fraction of sp³-hybridized carbons (Fsp3) is 0.0667. The third kappa shape index (κ3) is 3.64. The van der Waals surface area contributed by atoms with Gasteiger partial charge in [-0.25, -0.2) is 8.78 Å². The fourth-order valence-corrected chi connectivity index (χ4v) is 2.05. The second-order valence-electron chi connectivity index (χ2n) is 4.23. The number of nitriles is 1. The van der Waals surface area contributed by atoms with Crippen LogP contribution in [0.25, 0.3) is 0 Å². The van der Waals surface area contributed by atoms with Gasteiger partial charge in [0, 0.05) is 17.7 Å². The lowest BCUT2D eigenvalue weighted by atomic mass is 10.1. The van der Waals surface area contributed by atoms with Gasteiger partial charge in [-0.2, -0.15) is 5.26 Å². The van der Waals surface area contributed by atoms with Crippen molar-refractivity contribution in [1.29, 1.82) is 5.26 Å². The van der Waals surface area contributed by atoms with Crippen molar-refractivity contribution < 1.29 is 13.6 Å². The molecule has 0 aromatic heterocycles. The Kier molecular flexibility index (Phi) is 4.66. The highest BCUT2D eigenvalue weighted by atomic mass is 79.9. The van der Waals surface area contributed by atoms with Crippen molar-refractivity contribution in [2.75, 3.05) is 0 Å². The Labute approximate surface area is 128 Å². The molecule has 2 aromatic rings. The van der Waals surface area contributed by atoms with Crippen molar-refractivity contribution in [3.63, 3.8) is 0 Å². The molecule has 1 amide bonds. The van der Waals surface area contributed by atoms with Crippen molar-refractivity contribution in [2.24, 2.45) is 0 Å². The topological polar surface area (TPSA) is 52.9 Å². The minimum absolute atomic E-state index is 0.0224. The summed E-state index contributed by atoms with van der Waals surface area (Å²) in [6.45, 7) is -0.0224. The second-order valence-corrected chi connectivity index (χ2v) is 5.08. The van der Waals surface area contributed by atoms with E-state index in [1.54, 1.807) is 0 Å². The van der Waals surface area contributed by atoms with Crippen molar-refractivity contribution in [2.45, 2.75) is 6.54 Å². The first kappa shape index (κ1) is 15.1. The molecule has 0 radical (unpaired) electrons. The molecule has 0 heterocycles. The Balaban J connectivity index is 2.07. The highest BCUT2D eigenvalue weighted by Crippen LogP contribution is 2.17. The third-order valence-corrected chi connectivity index (χ3v) is 3.41. The molecule has 6 heteroatoms. The minimum Gasteiger partial charge on any atom is -0.348 e. The van der Waals surface area contributed by atoms with Gasteiger partial charge in [-0.05, 0) is 46.3 Å². The van der Waals surface area contributed by atoms with E-state index in [4.69, 9.17) is 5.26 Å². The molecule has 3 nitrogen and oxygen atoms in total. The van der Waals surface area contributed by atoms with E-state index in [1.165, 1.54) is 30.3 Å². The molecule has 0 spiro atoms. The lowest BCUT2D eigenvalue weighted by Gasteiger charge is -2.07. The Morgan fingerprint density at radius 1 is 1.19 bits per heavy atom. The van der Waals surface area contributed by atoms with Gasteiger partial charge in [0.25, 0.3) is 5.91 Å². The van der Waals surface area contributed by atoms with Crippen LogP contribution in [0, 0.1) is 23.0 Å². The van der Waals surface area contributed by atoms with Crippen LogP contribution in [0.3, 0.4) is 0 Å². The van der Waals surface area contributed by atoms with Gasteiger partial charge in [-0.15, -0.1) is 0 Å². The van der Waals surface area contributed by atoms with Crippen LogP contribution in [0.15, 0.2) is 40.9 Å². The highest BCUT2D eigenvalue weighted by molar-refractivity contribution is 9.10. The van der Waals surface area contributed by atoms with E-state index in [9.17, 15) is 13.6 Å². The normalized spacial score (nSPS) is 10.0. The number of hydrogen-bond donors (Lipinski definition) is 1. The molecule has 106 valence electrons. The van der Waals surface area contributed by atoms with E-state index in [1.807, 2.05) is 6.07 Å². The first-order valence-electron chi connectivity index (χ1n) is 5.93. The SMILES string of the molecule is N#Cc1ccc(CNC(=O)c2ccc(F)c(Br)c2)c(F)c1. The number of nitrogens with zero attached hydrogens (tertiary/aromatic N) is 1. The van der Waals surface area contributed by atoms with E-state index in [2.05, 4.69) is 21.2 Å². The second kappa shape index (κ2) is 6.46. The van der Waals surface area contributed by atoms with Crippen LogP contribution in [0.4, 0.5) is 8.78 Å². The standard InChI is InChI=1S/C15H9BrF2N2O/c16-12-6-10(3-4-13(12)17)15(21)20-8-11-2-1-9(7-19)5-14(11)18/h1-6H,8H2,(H,20,21). The maximum atomic E-state index is 13.6. The maximum Gasteiger partial charge on any atom is 0.251 e. The molecule has 1 N–H and O–H groups in total. The molecule has 0 bridgehead atoms. The average molecular weight is 351 g/mol. The Bertz CT molecular complexity index is 741. The molecule has 2 rings (SSSR count). The minimum atomic E-state index is -0.561. The molecule has 0 unspecified atom stereocenters. The summed E-state index contributed by atoms with van der Waals surface area (Å²) in [5, 5.41) is 11.2. The molecule has 2 aromatic carbocycles. The molecule has 0 aliphatic heterocycles. The first-order chi connectivity index (χ1) is 10.0. The van der Waals surface area contributed by atoms with Crippen molar-refractivity contribution in [1.82, 2.24) is 5.32 Å². The number of amides is 1. The summed E-state index contributed by atoms with van der Waals surface area (Å²) in [6, 6.07) is 9.70. The number of nitrogens with one attached hydrogen (secondary N) is 1.